The molecule has 19 heavy (non-hydrogen) atoms. The molecule has 1 aromatic heterocycles. The summed E-state index contributed by atoms with van der Waals surface area (Å²) in [6, 6.07) is 3.90. The van der Waals surface area contributed by atoms with Gasteiger partial charge in [-0.2, -0.15) is 0 Å². The van der Waals surface area contributed by atoms with Crippen molar-refractivity contribution in [3.63, 3.8) is 0 Å². The predicted molar refractivity (Wildman–Crippen MR) is 73.7 cm³/mol. The molecular formula is C14H23N3O2. The zero-order chi connectivity index (χ0) is 13.7. The molecule has 0 aromatic carbocycles. The molecule has 0 radical (unpaired) electrons. The van der Waals surface area contributed by atoms with E-state index in [1.807, 2.05) is 26.2 Å². The van der Waals surface area contributed by atoms with Crippen LogP contribution in [0.5, 0.6) is 0 Å². The molecule has 2 atom stereocenters. The topological polar surface area (TPSA) is 57.5 Å². The van der Waals surface area contributed by atoms with Crippen LogP contribution in [0.3, 0.4) is 0 Å². The number of piperidine rings is 1. The number of hydrogen-bond donors (Lipinski definition) is 2. The van der Waals surface area contributed by atoms with Crippen LogP contribution in [0.2, 0.25) is 0 Å². The minimum atomic E-state index is 0.0792. The first-order valence-corrected chi connectivity index (χ1v) is 6.86. The van der Waals surface area contributed by atoms with E-state index < -0.39 is 0 Å². The summed E-state index contributed by atoms with van der Waals surface area (Å²) < 4.78 is 5.43. The maximum absolute atomic E-state index is 12.1. The van der Waals surface area contributed by atoms with E-state index >= 15 is 0 Å². The summed E-state index contributed by atoms with van der Waals surface area (Å²) in [6.45, 7) is 2.39. The summed E-state index contributed by atoms with van der Waals surface area (Å²) >= 11 is 0. The van der Waals surface area contributed by atoms with E-state index in [1.165, 1.54) is 0 Å². The SMILES string of the molecule is CN(C)C(CNC(=O)C1CCCNC1)c1ccco1. The fourth-order valence-corrected chi connectivity index (χ4v) is 2.44. The highest BCUT2D eigenvalue weighted by Crippen LogP contribution is 2.18. The molecule has 1 amide bonds. The molecule has 0 saturated carbocycles. The largest absolute Gasteiger partial charge is 0.468 e. The Morgan fingerprint density at radius 3 is 3.05 bits per heavy atom. The van der Waals surface area contributed by atoms with Gasteiger partial charge in [-0.3, -0.25) is 9.69 Å². The molecule has 2 rings (SSSR count). The maximum atomic E-state index is 12.1. The van der Waals surface area contributed by atoms with E-state index in [-0.39, 0.29) is 17.9 Å². The van der Waals surface area contributed by atoms with Crippen LogP contribution >= 0.6 is 0 Å². The molecule has 5 nitrogen and oxygen atoms in total. The van der Waals surface area contributed by atoms with Crippen molar-refractivity contribution in [2.24, 2.45) is 5.92 Å². The molecule has 2 heterocycles. The first-order valence-electron chi connectivity index (χ1n) is 6.86. The molecule has 0 aliphatic carbocycles. The van der Waals surface area contributed by atoms with Gasteiger partial charge in [0, 0.05) is 13.1 Å². The standard InChI is InChI=1S/C14H23N3O2/c1-17(2)12(13-6-4-8-19-13)10-16-14(18)11-5-3-7-15-9-11/h4,6,8,11-12,15H,3,5,7,9-10H2,1-2H3,(H,16,18). The zero-order valence-corrected chi connectivity index (χ0v) is 11.7. The van der Waals surface area contributed by atoms with Gasteiger partial charge in [-0.25, -0.2) is 0 Å². The summed E-state index contributed by atoms with van der Waals surface area (Å²) in [5.74, 6) is 1.13. The molecule has 2 unspecified atom stereocenters. The van der Waals surface area contributed by atoms with Crippen LogP contribution in [-0.2, 0) is 4.79 Å². The van der Waals surface area contributed by atoms with Gasteiger partial charge in [0.2, 0.25) is 5.91 Å². The first kappa shape index (κ1) is 14.1. The lowest BCUT2D eigenvalue weighted by Crippen LogP contribution is -2.43. The second kappa shape index (κ2) is 6.73. The van der Waals surface area contributed by atoms with E-state index in [9.17, 15) is 4.79 Å². The Bertz CT molecular complexity index is 383. The van der Waals surface area contributed by atoms with Crippen LogP contribution < -0.4 is 10.6 Å². The van der Waals surface area contributed by atoms with Crippen molar-refractivity contribution in [1.82, 2.24) is 15.5 Å². The summed E-state index contributed by atoms with van der Waals surface area (Å²) in [5.41, 5.74) is 0. The lowest BCUT2D eigenvalue weighted by molar-refractivity contribution is -0.125. The van der Waals surface area contributed by atoms with Gasteiger partial charge in [-0.1, -0.05) is 0 Å². The molecule has 1 aliphatic heterocycles. The maximum Gasteiger partial charge on any atom is 0.224 e. The van der Waals surface area contributed by atoms with Crippen molar-refractivity contribution in [2.75, 3.05) is 33.7 Å². The number of likely N-dealkylation sites (N-methyl/N-ethyl adjacent to an activating group) is 1. The van der Waals surface area contributed by atoms with Crippen molar-refractivity contribution in [3.8, 4) is 0 Å². The van der Waals surface area contributed by atoms with Crippen LogP contribution in [0.15, 0.2) is 22.8 Å². The number of nitrogens with zero attached hydrogens (tertiary/aromatic N) is 1. The number of nitrogens with one attached hydrogen (secondary N) is 2. The Morgan fingerprint density at radius 1 is 1.63 bits per heavy atom. The van der Waals surface area contributed by atoms with Crippen LogP contribution in [-0.4, -0.2) is 44.5 Å². The van der Waals surface area contributed by atoms with Gasteiger partial charge in [0.15, 0.2) is 0 Å². The highest BCUT2D eigenvalue weighted by atomic mass is 16.3. The molecule has 106 valence electrons. The van der Waals surface area contributed by atoms with Crippen LogP contribution in [0.1, 0.15) is 24.6 Å². The van der Waals surface area contributed by atoms with Gasteiger partial charge in [-0.15, -0.1) is 0 Å². The Morgan fingerprint density at radius 2 is 2.47 bits per heavy atom. The van der Waals surface area contributed by atoms with Crippen molar-refractivity contribution in [3.05, 3.63) is 24.2 Å². The lowest BCUT2D eigenvalue weighted by Gasteiger charge is -2.25. The van der Waals surface area contributed by atoms with Crippen molar-refractivity contribution in [2.45, 2.75) is 18.9 Å². The lowest BCUT2D eigenvalue weighted by atomic mass is 9.99. The molecule has 0 bridgehead atoms. The molecule has 1 saturated heterocycles. The Balaban J connectivity index is 1.86. The van der Waals surface area contributed by atoms with Crippen LogP contribution in [0, 0.1) is 5.92 Å². The molecule has 1 aliphatic rings. The summed E-state index contributed by atoms with van der Waals surface area (Å²) in [7, 11) is 3.98. The Labute approximate surface area is 114 Å². The summed E-state index contributed by atoms with van der Waals surface area (Å²) in [4.78, 5) is 14.1. The second-order valence-corrected chi connectivity index (χ2v) is 5.28. The fraction of sp³-hybridized carbons (Fsp3) is 0.643. The van der Waals surface area contributed by atoms with Crippen molar-refractivity contribution in [1.29, 1.82) is 0 Å². The minimum absolute atomic E-state index is 0.0792. The average Bonchev–Trinajstić information content (AvgIpc) is 2.93. The van der Waals surface area contributed by atoms with Gasteiger partial charge in [0.1, 0.15) is 5.76 Å². The molecule has 1 fully saturated rings. The van der Waals surface area contributed by atoms with Crippen LogP contribution in [0.4, 0.5) is 0 Å². The zero-order valence-electron chi connectivity index (χ0n) is 11.7. The van der Waals surface area contributed by atoms with E-state index in [2.05, 4.69) is 15.5 Å². The molecular weight excluding hydrogens is 242 g/mol. The number of hydrogen-bond acceptors (Lipinski definition) is 4. The van der Waals surface area contributed by atoms with Gasteiger partial charge in [-0.05, 0) is 45.6 Å². The third-order valence-corrected chi connectivity index (χ3v) is 3.63. The average molecular weight is 265 g/mol. The van der Waals surface area contributed by atoms with Gasteiger partial charge < -0.3 is 15.1 Å². The van der Waals surface area contributed by atoms with E-state index in [4.69, 9.17) is 4.42 Å². The van der Waals surface area contributed by atoms with Crippen LogP contribution in [0.25, 0.3) is 0 Å². The second-order valence-electron chi connectivity index (χ2n) is 5.28. The number of furan rings is 1. The third-order valence-electron chi connectivity index (χ3n) is 3.63. The molecule has 5 heteroatoms. The van der Waals surface area contributed by atoms with Crippen molar-refractivity contribution < 1.29 is 9.21 Å². The highest BCUT2D eigenvalue weighted by Gasteiger charge is 2.23. The molecule has 2 N–H and O–H groups in total. The third kappa shape index (κ3) is 3.81. The van der Waals surface area contributed by atoms with Gasteiger partial charge >= 0.3 is 0 Å². The fourth-order valence-electron chi connectivity index (χ4n) is 2.44. The summed E-state index contributed by atoms with van der Waals surface area (Å²) in [6.07, 6.45) is 3.72. The quantitative estimate of drug-likeness (QED) is 0.834. The van der Waals surface area contributed by atoms with Crippen molar-refractivity contribution >= 4 is 5.91 Å². The van der Waals surface area contributed by atoms with E-state index in [0.29, 0.717) is 6.54 Å². The molecule has 1 aromatic rings. The highest BCUT2D eigenvalue weighted by molar-refractivity contribution is 5.79. The minimum Gasteiger partial charge on any atom is -0.468 e. The Kier molecular flexibility index (Phi) is 4.99. The number of carbonyl (C=O) groups is 1. The number of amides is 1. The van der Waals surface area contributed by atoms with Gasteiger partial charge in [0.25, 0.3) is 0 Å². The predicted octanol–water partition coefficient (Wildman–Crippen LogP) is 0.998. The number of rotatable bonds is 5. The normalized spacial score (nSPS) is 21.3. The van der Waals surface area contributed by atoms with E-state index in [0.717, 1.165) is 31.7 Å². The number of carbonyl (C=O) groups excluding carboxylic acids is 1. The monoisotopic (exact) mass is 265 g/mol. The van der Waals surface area contributed by atoms with Gasteiger partial charge in [0.05, 0.1) is 18.2 Å². The molecule has 0 spiro atoms. The summed E-state index contributed by atoms with van der Waals surface area (Å²) in [5, 5.41) is 6.31. The smallest absolute Gasteiger partial charge is 0.224 e. The first-order chi connectivity index (χ1) is 9.18. The van der Waals surface area contributed by atoms with E-state index in [1.54, 1.807) is 6.26 Å². The Hall–Kier alpha value is -1.33.